The van der Waals surface area contributed by atoms with Crippen molar-refractivity contribution in [1.29, 1.82) is 0 Å². The third-order valence-corrected chi connectivity index (χ3v) is 5.22. The van der Waals surface area contributed by atoms with Gasteiger partial charge in [0.05, 0.1) is 0 Å². The zero-order valence-corrected chi connectivity index (χ0v) is 13.8. The number of carbonyl (C=O) groups is 1. The van der Waals surface area contributed by atoms with Gasteiger partial charge in [-0.3, -0.25) is 9.69 Å². The Balaban J connectivity index is 1.66. The average molecular weight is 301 g/mol. The molecular formula is C18H27N3O. The first kappa shape index (κ1) is 15.5. The summed E-state index contributed by atoms with van der Waals surface area (Å²) in [6.07, 6.45) is 1.70. The molecule has 0 saturated carbocycles. The molecule has 1 atom stereocenters. The minimum absolute atomic E-state index is 0.238. The number of hydrogen-bond acceptors (Lipinski definition) is 3. The van der Waals surface area contributed by atoms with Crippen molar-refractivity contribution in [2.75, 3.05) is 46.3 Å². The third kappa shape index (κ3) is 3.18. The summed E-state index contributed by atoms with van der Waals surface area (Å²) >= 11 is 0. The van der Waals surface area contributed by atoms with E-state index in [0.717, 1.165) is 45.7 Å². The molecule has 1 aromatic rings. The summed E-state index contributed by atoms with van der Waals surface area (Å²) in [6.45, 7) is 8.10. The Bertz CT molecular complexity index is 523. The molecule has 22 heavy (non-hydrogen) atoms. The number of nitrogens with zero attached hydrogens (tertiary/aromatic N) is 3. The second-order valence-corrected chi connectivity index (χ2v) is 6.46. The van der Waals surface area contributed by atoms with Gasteiger partial charge in [0.25, 0.3) is 0 Å². The summed E-state index contributed by atoms with van der Waals surface area (Å²) in [5.74, 6) is 0.310. The molecular weight excluding hydrogens is 274 g/mol. The van der Waals surface area contributed by atoms with Crippen LogP contribution in [0.2, 0.25) is 0 Å². The van der Waals surface area contributed by atoms with Crippen LogP contribution in [-0.4, -0.2) is 66.9 Å². The first-order valence-corrected chi connectivity index (χ1v) is 8.47. The highest BCUT2D eigenvalue weighted by molar-refractivity contribution is 5.77. The summed E-state index contributed by atoms with van der Waals surface area (Å²) in [4.78, 5) is 19.5. The van der Waals surface area contributed by atoms with Crippen molar-refractivity contribution in [1.82, 2.24) is 14.7 Å². The van der Waals surface area contributed by atoms with Crippen molar-refractivity contribution < 1.29 is 4.79 Å². The predicted octanol–water partition coefficient (Wildman–Crippen LogP) is 1.77. The number of carbonyl (C=O) groups excluding carboxylic acids is 1. The lowest BCUT2D eigenvalue weighted by molar-refractivity contribution is -0.134. The molecule has 2 heterocycles. The van der Waals surface area contributed by atoms with Gasteiger partial charge in [-0.25, -0.2) is 0 Å². The number of fused-ring (bicyclic) bond motifs is 1. The van der Waals surface area contributed by atoms with E-state index in [2.05, 4.69) is 52.9 Å². The molecule has 4 heteroatoms. The van der Waals surface area contributed by atoms with Gasteiger partial charge in [-0.1, -0.05) is 31.2 Å². The Morgan fingerprint density at radius 3 is 2.59 bits per heavy atom. The van der Waals surface area contributed by atoms with Crippen LogP contribution in [0, 0.1) is 0 Å². The largest absolute Gasteiger partial charge is 0.340 e. The van der Waals surface area contributed by atoms with Gasteiger partial charge in [-0.15, -0.1) is 0 Å². The van der Waals surface area contributed by atoms with Crippen molar-refractivity contribution in [2.24, 2.45) is 0 Å². The van der Waals surface area contributed by atoms with E-state index in [1.807, 2.05) is 0 Å². The highest BCUT2D eigenvalue weighted by Gasteiger charge is 2.29. The Morgan fingerprint density at radius 2 is 1.86 bits per heavy atom. The molecule has 120 valence electrons. The van der Waals surface area contributed by atoms with Gasteiger partial charge in [0.2, 0.25) is 5.91 Å². The molecule has 0 aromatic heterocycles. The predicted molar refractivity (Wildman–Crippen MR) is 88.8 cm³/mol. The van der Waals surface area contributed by atoms with Crippen LogP contribution in [0.3, 0.4) is 0 Å². The van der Waals surface area contributed by atoms with E-state index >= 15 is 0 Å². The Kier molecular flexibility index (Phi) is 4.79. The number of benzene rings is 1. The zero-order valence-electron chi connectivity index (χ0n) is 13.8. The summed E-state index contributed by atoms with van der Waals surface area (Å²) in [7, 11) is 2.14. The van der Waals surface area contributed by atoms with E-state index < -0.39 is 0 Å². The van der Waals surface area contributed by atoms with Crippen LogP contribution in [0.15, 0.2) is 24.3 Å². The van der Waals surface area contributed by atoms with Crippen LogP contribution in [0.1, 0.15) is 30.5 Å². The Morgan fingerprint density at radius 1 is 1.14 bits per heavy atom. The van der Waals surface area contributed by atoms with Gasteiger partial charge >= 0.3 is 0 Å². The third-order valence-electron chi connectivity index (χ3n) is 5.22. The molecule has 1 saturated heterocycles. The van der Waals surface area contributed by atoms with E-state index in [4.69, 9.17) is 0 Å². The van der Waals surface area contributed by atoms with Crippen LogP contribution >= 0.6 is 0 Å². The van der Waals surface area contributed by atoms with Crippen LogP contribution in [0.4, 0.5) is 0 Å². The summed E-state index contributed by atoms with van der Waals surface area (Å²) in [5.41, 5.74) is 2.76. The number of piperazine rings is 1. The SMILES string of the molecule is CCN1CCN(C(=O)CC2c3ccccc3CCN2C)CC1. The maximum atomic E-state index is 12.7. The van der Waals surface area contributed by atoms with Gasteiger partial charge < -0.3 is 9.80 Å². The molecule has 2 aliphatic rings. The molecule has 0 bridgehead atoms. The van der Waals surface area contributed by atoms with Crippen molar-refractivity contribution in [3.63, 3.8) is 0 Å². The van der Waals surface area contributed by atoms with Gasteiger partial charge in [0, 0.05) is 45.2 Å². The Hall–Kier alpha value is -1.39. The average Bonchev–Trinajstić information content (AvgIpc) is 2.57. The number of amides is 1. The second-order valence-electron chi connectivity index (χ2n) is 6.46. The lowest BCUT2D eigenvalue weighted by atomic mass is 9.91. The molecule has 0 radical (unpaired) electrons. The quantitative estimate of drug-likeness (QED) is 0.851. The molecule has 1 amide bonds. The number of likely N-dealkylation sites (N-methyl/N-ethyl adjacent to an activating group) is 2. The highest BCUT2D eigenvalue weighted by atomic mass is 16.2. The second kappa shape index (κ2) is 6.80. The lowest BCUT2D eigenvalue weighted by Crippen LogP contribution is -2.49. The fourth-order valence-corrected chi connectivity index (χ4v) is 3.65. The van der Waals surface area contributed by atoms with Crippen LogP contribution < -0.4 is 0 Å². The van der Waals surface area contributed by atoms with Crippen molar-refractivity contribution in [2.45, 2.75) is 25.8 Å². The van der Waals surface area contributed by atoms with Gasteiger partial charge in [0.15, 0.2) is 0 Å². The summed E-state index contributed by atoms with van der Waals surface area (Å²) in [5, 5.41) is 0. The fraction of sp³-hybridized carbons (Fsp3) is 0.611. The van der Waals surface area contributed by atoms with Gasteiger partial charge in [-0.2, -0.15) is 0 Å². The van der Waals surface area contributed by atoms with E-state index in [0.29, 0.717) is 12.3 Å². The molecule has 0 N–H and O–H groups in total. The van der Waals surface area contributed by atoms with E-state index in [9.17, 15) is 4.79 Å². The van der Waals surface area contributed by atoms with Crippen LogP contribution in [-0.2, 0) is 11.2 Å². The number of hydrogen-bond donors (Lipinski definition) is 0. The first-order valence-electron chi connectivity index (χ1n) is 8.47. The highest BCUT2D eigenvalue weighted by Crippen LogP contribution is 2.31. The molecule has 3 rings (SSSR count). The monoisotopic (exact) mass is 301 g/mol. The molecule has 1 aromatic carbocycles. The van der Waals surface area contributed by atoms with E-state index in [1.54, 1.807) is 0 Å². The first-order chi connectivity index (χ1) is 10.7. The fourth-order valence-electron chi connectivity index (χ4n) is 3.65. The minimum atomic E-state index is 0.238. The van der Waals surface area contributed by atoms with Crippen molar-refractivity contribution in [3.05, 3.63) is 35.4 Å². The lowest BCUT2D eigenvalue weighted by Gasteiger charge is -2.38. The Labute approximate surface area is 133 Å². The van der Waals surface area contributed by atoms with Gasteiger partial charge in [0.1, 0.15) is 0 Å². The summed E-state index contributed by atoms with van der Waals surface area (Å²) in [6, 6.07) is 8.84. The smallest absolute Gasteiger partial charge is 0.224 e. The van der Waals surface area contributed by atoms with E-state index in [1.165, 1.54) is 11.1 Å². The standard InChI is InChI=1S/C18H27N3O/c1-3-20-10-12-21(13-11-20)18(22)14-17-16-7-5-4-6-15(16)8-9-19(17)2/h4-7,17H,3,8-14H2,1-2H3. The maximum absolute atomic E-state index is 12.7. The normalized spacial score (nSPS) is 23.4. The molecule has 0 aliphatic carbocycles. The number of rotatable bonds is 3. The van der Waals surface area contributed by atoms with Crippen LogP contribution in [0.5, 0.6) is 0 Å². The molecule has 4 nitrogen and oxygen atoms in total. The van der Waals surface area contributed by atoms with Crippen molar-refractivity contribution >= 4 is 5.91 Å². The molecule has 1 fully saturated rings. The topological polar surface area (TPSA) is 26.8 Å². The minimum Gasteiger partial charge on any atom is -0.340 e. The summed E-state index contributed by atoms with van der Waals surface area (Å²) < 4.78 is 0. The van der Waals surface area contributed by atoms with Crippen LogP contribution in [0.25, 0.3) is 0 Å². The molecule has 0 spiro atoms. The molecule has 2 aliphatic heterocycles. The van der Waals surface area contributed by atoms with Gasteiger partial charge in [-0.05, 0) is 31.1 Å². The zero-order chi connectivity index (χ0) is 15.5. The van der Waals surface area contributed by atoms with Crippen molar-refractivity contribution in [3.8, 4) is 0 Å². The molecule has 1 unspecified atom stereocenters. The maximum Gasteiger partial charge on any atom is 0.224 e. The van der Waals surface area contributed by atoms with E-state index in [-0.39, 0.29) is 6.04 Å².